The van der Waals surface area contributed by atoms with Gasteiger partial charge in [0.05, 0.1) is 0 Å². The summed E-state index contributed by atoms with van der Waals surface area (Å²) in [7, 11) is 0. The molecular weight excluding hydrogens is 268 g/mol. The maximum atomic E-state index is 12.7. The van der Waals surface area contributed by atoms with Crippen LogP contribution >= 0.6 is 0 Å². The molecule has 2 heterocycles. The van der Waals surface area contributed by atoms with E-state index in [9.17, 15) is 9.59 Å². The number of carbonyl (C=O) groups is 2. The highest BCUT2D eigenvalue weighted by Gasteiger charge is 2.36. The van der Waals surface area contributed by atoms with Crippen LogP contribution in [0.3, 0.4) is 0 Å². The number of pyridine rings is 1. The van der Waals surface area contributed by atoms with Gasteiger partial charge in [0, 0.05) is 12.6 Å². The second-order valence-corrected chi connectivity index (χ2v) is 5.97. The number of hydrogen-bond acceptors (Lipinski definition) is 3. The molecule has 1 N–H and O–H groups in total. The molecule has 3 rings (SSSR count). The Kier molecular flexibility index (Phi) is 3.90. The fraction of sp³-hybridized carbons (Fsp3) is 0.562. The van der Waals surface area contributed by atoms with Crippen LogP contribution in [0.2, 0.25) is 0 Å². The highest BCUT2D eigenvalue weighted by molar-refractivity contribution is 5.94. The quantitative estimate of drug-likeness (QED) is 0.908. The number of hydrogen-bond donors (Lipinski definition) is 1. The molecule has 1 saturated carbocycles. The Morgan fingerprint density at radius 3 is 2.62 bits per heavy atom. The van der Waals surface area contributed by atoms with Crippen LogP contribution in [0.4, 0.5) is 0 Å². The molecule has 0 bridgehead atoms. The van der Waals surface area contributed by atoms with Crippen molar-refractivity contribution >= 4 is 11.9 Å². The van der Waals surface area contributed by atoms with Crippen molar-refractivity contribution in [2.24, 2.45) is 5.92 Å². The summed E-state index contributed by atoms with van der Waals surface area (Å²) in [6, 6.07) is 4.93. The van der Waals surface area contributed by atoms with E-state index in [4.69, 9.17) is 5.11 Å². The summed E-state index contributed by atoms with van der Waals surface area (Å²) in [5, 5.41) is 9.00. The number of aromatic carboxylic acids is 1. The molecule has 1 aliphatic heterocycles. The molecule has 1 aromatic rings. The van der Waals surface area contributed by atoms with E-state index in [0.29, 0.717) is 12.0 Å². The number of aromatic nitrogens is 1. The lowest BCUT2D eigenvalue weighted by molar-refractivity contribution is 0.0385. The van der Waals surface area contributed by atoms with Gasteiger partial charge in [0.2, 0.25) is 0 Å². The Labute approximate surface area is 124 Å². The zero-order valence-corrected chi connectivity index (χ0v) is 12.0. The van der Waals surface area contributed by atoms with E-state index in [1.807, 2.05) is 4.90 Å². The van der Waals surface area contributed by atoms with E-state index >= 15 is 0 Å². The van der Waals surface area contributed by atoms with Crippen LogP contribution in [0.5, 0.6) is 0 Å². The molecule has 21 heavy (non-hydrogen) atoms. The van der Waals surface area contributed by atoms with E-state index in [1.54, 1.807) is 12.1 Å². The number of fused-ring (bicyclic) bond motifs is 1. The number of carbonyl (C=O) groups excluding carboxylic acids is 1. The fourth-order valence-electron chi connectivity index (χ4n) is 3.70. The first kappa shape index (κ1) is 14.0. The minimum atomic E-state index is -1.10. The molecule has 112 valence electrons. The maximum absolute atomic E-state index is 12.7. The van der Waals surface area contributed by atoms with Crippen molar-refractivity contribution in [2.45, 2.75) is 44.6 Å². The topological polar surface area (TPSA) is 70.5 Å². The Hall–Kier alpha value is -1.91. The van der Waals surface area contributed by atoms with Crippen LogP contribution in [0.1, 0.15) is 59.5 Å². The molecule has 0 radical (unpaired) electrons. The first-order valence-electron chi connectivity index (χ1n) is 7.68. The summed E-state index contributed by atoms with van der Waals surface area (Å²) in [6.07, 6.45) is 6.94. The SMILES string of the molecule is O=C(O)c1cccc(C(=O)N2CCCC3CCCCC32)n1. The van der Waals surface area contributed by atoms with Crippen LogP contribution < -0.4 is 0 Å². The summed E-state index contributed by atoms with van der Waals surface area (Å²) in [5.41, 5.74) is 0.180. The van der Waals surface area contributed by atoms with Crippen molar-refractivity contribution in [1.82, 2.24) is 9.88 Å². The largest absolute Gasteiger partial charge is 0.477 e. The van der Waals surface area contributed by atoms with Crippen LogP contribution in [0.25, 0.3) is 0 Å². The number of rotatable bonds is 2. The maximum Gasteiger partial charge on any atom is 0.354 e. The van der Waals surface area contributed by atoms with Crippen molar-refractivity contribution in [1.29, 1.82) is 0 Å². The Morgan fingerprint density at radius 2 is 1.81 bits per heavy atom. The van der Waals surface area contributed by atoms with E-state index in [1.165, 1.54) is 31.7 Å². The minimum Gasteiger partial charge on any atom is -0.477 e. The monoisotopic (exact) mass is 288 g/mol. The van der Waals surface area contributed by atoms with Gasteiger partial charge in [-0.1, -0.05) is 18.9 Å². The summed E-state index contributed by atoms with van der Waals surface area (Å²) >= 11 is 0. The molecule has 2 atom stereocenters. The predicted octanol–water partition coefficient (Wildman–Crippen LogP) is 2.57. The summed E-state index contributed by atoms with van der Waals surface area (Å²) in [4.78, 5) is 29.6. The molecule has 2 fully saturated rings. The molecular formula is C16H20N2O3. The van der Waals surface area contributed by atoms with Crippen molar-refractivity contribution in [2.75, 3.05) is 6.54 Å². The molecule has 0 spiro atoms. The van der Waals surface area contributed by atoms with Gasteiger partial charge in [0.15, 0.2) is 0 Å². The number of carboxylic acids is 1. The zero-order chi connectivity index (χ0) is 14.8. The van der Waals surface area contributed by atoms with E-state index in [0.717, 1.165) is 19.4 Å². The molecule has 1 amide bonds. The minimum absolute atomic E-state index is 0.0712. The Morgan fingerprint density at radius 1 is 1.10 bits per heavy atom. The fourth-order valence-corrected chi connectivity index (χ4v) is 3.70. The van der Waals surface area contributed by atoms with Crippen LogP contribution in [-0.2, 0) is 0 Å². The van der Waals surface area contributed by atoms with E-state index in [2.05, 4.69) is 4.98 Å². The second-order valence-electron chi connectivity index (χ2n) is 5.97. The molecule has 1 saturated heterocycles. The lowest BCUT2D eigenvalue weighted by Gasteiger charge is -2.44. The predicted molar refractivity (Wildman–Crippen MR) is 77.2 cm³/mol. The van der Waals surface area contributed by atoms with Gasteiger partial charge in [-0.15, -0.1) is 0 Å². The first-order chi connectivity index (χ1) is 10.2. The first-order valence-corrected chi connectivity index (χ1v) is 7.68. The van der Waals surface area contributed by atoms with Crippen molar-refractivity contribution in [3.8, 4) is 0 Å². The van der Waals surface area contributed by atoms with Gasteiger partial charge in [-0.2, -0.15) is 0 Å². The molecule has 0 aromatic carbocycles. The lowest BCUT2D eigenvalue weighted by atomic mass is 9.78. The van der Waals surface area contributed by atoms with Gasteiger partial charge >= 0.3 is 5.97 Å². The lowest BCUT2D eigenvalue weighted by Crippen LogP contribution is -2.49. The number of nitrogens with zero attached hydrogens (tertiary/aromatic N) is 2. The van der Waals surface area contributed by atoms with Gasteiger partial charge in [-0.25, -0.2) is 9.78 Å². The van der Waals surface area contributed by atoms with Crippen LogP contribution in [0.15, 0.2) is 18.2 Å². The van der Waals surface area contributed by atoms with E-state index < -0.39 is 5.97 Å². The van der Waals surface area contributed by atoms with Crippen molar-refractivity contribution in [3.05, 3.63) is 29.6 Å². The molecule has 5 nitrogen and oxygen atoms in total. The highest BCUT2D eigenvalue weighted by Crippen LogP contribution is 2.35. The van der Waals surface area contributed by atoms with E-state index in [-0.39, 0.29) is 17.3 Å². The standard InChI is InChI=1S/C16H20N2O3/c19-15(12-7-3-8-13(17-12)16(20)21)18-10-4-6-11-5-1-2-9-14(11)18/h3,7-8,11,14H,1-2,4-6,9-10H2,(H,20,21). The molecule has 5 heteroatoms. The summed E-state index contributed by atoms with van der Waals surface area (Å²) < 4.78 is 0. The number of likely N-dealkylation sites (tertiary alicyclic amines) is 1. The normalized spacial score (nSPS) is 25.2. The van der Waals surface area contributed by atoms with Gasteiger partial charge < -0.3 is 10.0 Å². The van der Waals surface area contributed by atoms with Crippen molar-refractivity contribution in [3.63, 3.8) is 0 Å². The third-order valence-electron chi connectivity index (χ3n) is 4.69. The molecule has 1 aromatic heterocycles. The average Bonchev–Trinajstić information content (AvgIpc) is 2.53. The molecule has 1 aliphatic carbocycles. The van der Waals surface area contributed by atoms with Crippen LogP contribution in [0, 0.1) is 5.92 Å². The molecule has 2 aliphatic rings. The Bertz CT molecular complexity index is 556. The van der Waals surface area contributed by atoms with Gasteiger partial charge in [0.1, 0.15) is 11.4 Å². The number of carboxylic acid groups (broad SMARTS) is 1. The smallest absolute Gasteiger partial charge is 0.354 e. The van der Waals surface area contributed by atoms with Gasteiger partial charge in [0.25, 0.3) is 5.91 Å². The van der Waals surface area contributed by atoms with Gasteiger partial charge in [-0.3, -0.25) is 4.79 Å². The molecule has 2 unspecified atom stereocenters. The third kappa shape index (κ3) is 2.77. The number of amides is 1. The Balaban J connectivity index is 1.83. The highest BCUT2D eigenvalue weighted by atomic mass is 16.4. The average molecular weight is 288 g/mol. The zero-order valence-electron chi connectivity index (χ0n) is 12.0. The summed E-state index contributed by atoms with van der Waals surface area (Å²) in [6.45, 7) is 0.763. The van der Waals surface area contributed by atoms with Crippen molar-refractivity contribution < 1.29 is 14.7 Å². The van der Waals surface area contributed by atoms with Gasteiger partial charge in [-0.05, 0) is 43.7 Å². The number of piperidine rings is 1. The summed E-state index contributed by atoms with van der Waals surface area (Å²) in [5.74, 6) is -0.604. The second kappa shape index (κ2) is 5.84. The van der Waals surface area contributed by atoms with Crippen LogP contribution in [-0.4, -0.2) is 39.5 Å². The third-order valence-corrected chi connectivity index (χ3v) is 4.69.